The number of aromatic nitrogens is 4. The molecule has 33 heavy (non-hydrogen) atoms. The molecule has 1 aliphatic carbocycles. The van der Waals surface area contributed by atoms with Crippen LogP contribution >= 0.6 is 0 Å². The molecule has 7 nitrogen and oxygen atoms in total. The number of halogens is 2. The third-order valence-corrected chi connectivity index (χ3v) is 6.61. The molecule has 0 amide bonds. The molecule has 4 aromatic rings. The molecule has 9 heteroatoms. The van der Waals surface area contributed by atoms with Crippen LogP contribution in [0.1, 0.15) is 56.2 Å². The Balaban J connectivity index is 1.83. The van der Waals surface area contributed by atoms with E-state index in [9.17, 15) is 14.3 Å². The van der Waals surface area contributed by atoms with E-state index in [1.165, 1.54) is 13.2 Å². The van der Waals surface area contributed by atoms with Crippen molar-refractivity contribution in [3.8, 4) is 11.4 Å². The summed E-state index contributed by atoms with van der Waals surface area (Å²) in [6.45, 7) is 4.05. The van der Waals surface area contributed by atoms with Gasteiger partial charge in [-0.3, -0.25) is 5.10 Å². The van der Waals surface area contributed by atoms with Crippen LogP contribution in [0.3, 0.4) is 0 Å². The number of nitrogens with zero attached hydrogens (tertiary/aromatic N) is 3. The fourth-order valence-electron chi connectivity index (χ4n) is 5.08. The summed E-state index contributed by atoms with van der Waals surface area (Å²) in [6.07, 6.45) is 1.91. The van der Waals surface area contributed by atoms with Gasteiger partial charge in [-0.05, 0) is 49.3 Å². The third kappa shape index (κ3) is 3.25. The number of hydrogen-bond acceptors (Lipinski definition) is 4. The molecule has 2 atom stereocenters. The minimum absolute atomic E-state index is 0.00107. The predicted molar refractivity (Wildman–Crippen MR) is 119 cm³/mol. The molecule has 3 heterocycles. The number of hydrogen-bond donors (Lipinski definition) is 2. The Bertz CT molecular complexity index is 1390. The molecule has 1 aromatic carbocycles. The molecule has 0 saturated heterocycles. The van der Waals surface area contributed by atoms with Gasteiger partial charge in [0.05, 0.1) is 24.3 Å². The second-order valence-electron chi connectivity index (χ2n) is 8.98. The Labute approximate surface area is 188 Å². The maximum absolute atomic E-state index is 15.1. The maximum Gasteiger partial charge on any atom is 0.341 e. The van der Waals surface area contributed by atoms with Gasteiger partial charge in [-0.25, -0.2) is 18.6 Å². The van der Waals surface area contributed by atoms with Gasteiger partial charge in [0.15, 0.2) is 17.2 Å². The van der Waals surface area contributed by atoms with E-state index in [4.69, 9.17) is 9.72 Å². The lowest BCUT2D eigenvalue weighted by Crippen LogP contribution is -2.30. The van der Waals surface area contributed by atoms with Crippen LogP contribution in [0.25, 0.3) is 27.8 Å². The van der Waals surface area contributed by atoms with Gasteiger partial charge >= 0.3 is 5.97 Å². The van der Waals surface area contributed by atoms with Crippen LogP contribution in [0.4, 0.5) is 8.78 Å². The summed E-state index contributed by atoms with van der Waals surface area (Å²) < 4.78 is 36.5. The van der Waals surface area contributed by atoms with Crippen LogP contribution in [0.2, 0.25) is 0 Å². The number of nitrogens with one attached hydrogen (secondary N) is 1. The van der Waals surface area contributed by atoms with Crippen molar-refractivity contribution in [2.24, 2.45) is 0 Å². The number of aliphatic carboxylic acids is 1. The van der Waals surface area contributed by atoms with Gasteiger partial charge in [-0.1, -0.05) is 13.8 Å². The van der Waals surface area contributed by atoms with E-state index in [1.54, 1.807) is 18.3 Å². The number of rotatable bonds is 5. The number of aromatic amines is 1. The van der Waals surface area contributed by atoms with Crippen LogP contribution in [0.15, 0.2) is 30.5 Å². The number of carboxylic acid groups (broad SMARTS) is 1. The van der Waals surface area contributed by atoms with Crippen molar-refractivity contribution in [3.63, 3.8) is 0 Å². The number of pyridine rings is 1. The summed E-state index contributed by atoms with van der Waals surface area (Å²) in [5.41, 5.74) is 2.18. The summed E-state index contributed by atoms with van der Waals surface area (Å²) in [5, 5.41) is 17.2. The van der Waals surface area contributed by atoms with Gasteiger partial charge in [-0.2, -0.15) is 5.10 Å². The lowest BCUT2D eigenvalue weighted by atomic mass is 9.91. The molecule has 0 aliphatic heterocycles. The highest BCUT2D eigenvalue weighted by Crippen LogP contribution is 2.49. The Kier molecular flexibility index (Phi) is 4.88. The summed E-state index contributed by atoms with van der Waals surface area (Å²) in [7, 11) is 1.41. The molecule has 2 N–H and O–H groups in total. The highest BCUT2D eigenvalue weighted by atomic mass is 19.1. The molecule has 1 aliphatic rings. The number of methoxy groups -OCH3 is 1. The molecular formula is C24H24F2N4O3. The van der Waals surface area contributed by atoms with Crippen LogP contribution < -0.4 is 4.74 Å². The van der Waals surface area contributed by atoms with Crippen molar-refractivity contribution in [2.45, 2.75) is 50.6 Å². The number of alkyl halides is 1. The van der Waals surface area contributed by atoms with Crippen molar-refractivity contribution in [3.05, 3.63) is 47.5 Å². The first-order chi connectivity index (χ1) is 15.7. The van der Waals surface area contributed by atoms with E-state index in [0.717, 1.165) is 22.2 Å². The smallest absolute Gasteiger partial charge is 0.341 e. The van der Waals surface area contributed by atoms with Crippen LogP contribution in [0.5, 0.6) is 5.75 Å². The second kappa shape index (κ2) is 7.54. The van der Waals surface area contributed by atoms with Gasteiger partial charge in [0.25, 0.3) is 0 Å². The quantitative estimate of drug-likeness (QED) is 0.431. The van der Waals surface area contributed by atoms with Crippen molar-refractivity contribution in [1.82, 2.24) is 19.7 Å². The maximum atomic E-state index is 15.1. The predicted octanol–water partition coefficient (Wildman–Crippen LogP) is 5.23. The highest BCUT2D eigenvalue weighted by Gasteiger charge is 2.48. The van der Waals surface area contributed by atoms with E-state index < -0.39 is 17.5 Å². The number of ether oxygens (including phenoxy) is 1. The van der Waals surface area contributed by atoms with Crippen molar-refractivity contribution in [2.75, 3.05) is 7.11 Å². The third-order valence-electron chi connectivity index (χ3n) is 6.61. The second-order valence-corrected chi connectivity index (χ2v) is 8.98. The Morgan fingerprint density at radius 2 is 2.15 bits per heavy atom. The Morgan fingerprint density at radius 3 is 2.82 bits per heavy atom. The average Bonchev–Trinajstić information content (AvgIpc) is 3.48. The van der Waals surface area contributed by atoms with E-state index >= 15 is 4.39 Å². The number of H-pyrrole nitrogens is 1. The zero-order chi connectivity index (χ0) is 23.5. The van der Waals surface area contributed by atoms with Crippen molar-refractivity contribution >= 4 is 28.0 Å². The van der Waals surface area contributed by atoms with Crippen molar-refractivity contribution in [1.29, 1.82) is 0 Å². The zero-order valence-electron chi connectivity index (χ0n) is 18.5. The molecule has 0 bridgehead atoms. The Hall–Kier alpha value is -3.49. The van der Waals surface area contributed by atoms with Gasteiger partial charge in [0.2, 0.25) is 5.67 Å². The molecular weight excluding hydrogens is 430 g/mol. The van der Waals surface area contributed by atoms with Gasteiger partial charge < -0.3 is 14.4 Å². The minimum Gasteiger partial charge on any atom is -0.494 e. The van der Waals surface area contributed by atoms with E-state index in [1.807, 2.05) is 24.5 Å². The van der Waals surface area contributed by atoms with Gasteiger partial charge in [0, 0.05) is 28.4 Å². The van der Waals surface area contributed by atoms with Gasteiger partial charge in [-0.15, -0.1) is 0 Å². The summed E-state index contributed by atoms with van der Waals surface area (Å²) in [6, 6.07) is 6.58. The fraction of sp³-hybridized carbons (Fsp3) is 0.375. The largest absolute Gasteiger partial charge is 0.494 e. The molecule has 3 aromatic heterocycles. The first-order valence-corrected chi connectivity index (χ1v) is 10.9. The standard InChI is InChI=1S/C24H24F2N4O3/c1-12(2)21-19(13-6-7-24(26,10-13)23(31)32)20-17(8-14-11-27-29-22(14)28-20)30(21)15-4-5-16(25)18(9-15)33-3/h4-5,8-9,11-13H,6-7,10H2,1-3H3,(H,31,32)(H,27,28,29)/t13-,24+/m1/s1. The first kappa shape index (κ1) is 21.4. The monoisotopic (exact) mass is 454 g/mol. The lowest BCUT2D eigenvalue weighted by molar-refractivity contribution is -0.150. The Morgan fingerprint density at radius 1 is 1.36 bits per heavy atom. The van der Waals surface area contributed by atoms with Crippen LogP contribution in [-0.4, -0.2) is 43.6 Å². The summed E-state index contributed by atoms with van der Waals surface area (Å²) in [5.74, 6) is -2.10. The van der Waals surface area contributed by atoms with E-state index in [-0.39, 0.29) is 30.4 Å². The summed E-state index contributed by atoms with van der Waals surface area (Å²) >= 11 is 0. The topological polar surface area (TPSA) is 93.0 Å². The summed E-state index contributed by atoms with van der Waals surface area (Å²) in [4.78, 5) is 16.4. The lowest BCUT2D eigenvalue weighted by Gasteiger charge is -2.19. The number of carbonyl (C=O) groups is 1. The zero-order valence-corrected chi connectivity index (χ0v) is 18.5. The van der Waals surface area contributed by atoms with Crippen LogP contribution in [-0.2, 0) is 4.79 Å². The normalized spacial score (nSPS) is 20.8. The number of benzene rings is 1. The van der Waals surface area contributed by atoms with E-state index in [0.29, 0.717) is 23.3 Å². The number of fused-ring (bicyclic) bond motifs is 2. The molecule has 5 rings (SSSR count). The molecule has 172 valence electrons. The number of carboxylic acids is 1. The van der Waals surface area contributed by atoms with E-state index in [2.05, 4.69) is 10.2 Å². The fourth-order valence-corrected chi connectivity index (χ4v) is 5.08. The minimum atomic E-state index is -2.26. The SMILES string of the molecule is COc1cc(-n2c(C(C)C)c([C@@H]3CC[C@@](F)(C(=O)O)C3)c3nc4[nH]ncc4cc32)ccc1F. The van der Waals surface area contributed by atoms with Gasteiger partial charge in [0.1, 0.15) is 0 Å². The molecule has 0 radical (unpaired) electrons. The average molecular weight is 454 g/mol. The van der Waals surface area contributed by atoms with Crippen molar-refractivity contribution < 1.29 is 23.4 Å². The van der Waals surface area contributed by atoms with Crippen LogP contribution in [0, 0.1) is 5.82 Å². The molecule has 1 fully saturated rings. The molecule has 0 unspecified atom stereocenters. The molecule has 1 saturated carbocycles. The first-order valence-electron chi connectivity index (χ1n) is 10.9. The highest BCUT2D eigenvalue weighted by molar-refractivity contribution is 5.94. The molecule has 0 spiro atoms.